The Morgan fingerprint density at radius 3 is 2.02 bits per heavy atom. The van der Waals surface area contributed by atoms with E-state index in [1.165, 1.54) is 4.90 Å². The van der Waals surface area contributed by atoms with Crippen LogP contribution in [0, 0.1) is 0 Å². The largest absolute Gasteiger partial charge is 0.480 e. The predicted octanol–water partition coefficient (Wildman–Crippen LogP) is 5.13. The molecule has 2 aliphatic rings. The van der Waals surface area contributed by atoms with E-state index in [9.17, 15) is 19.5 Å². The highest BCUT2D eigenvalue weighted by Gasteiger charge is 2.42. The number of ether oxygens (including phenoxy) is 1. The topological polar surface area (TPSA) is 95.9 Å². The van der Waals surface area contributed by atoms with Crippen LogP contribution < -0.4 is 5.32 Å². The van der Waals surface area contributed by atoms with Crippen LogP contribution in [-0.4, -0.2) is 40.1 Å². The highest BCUT2D eigenvalue weighted by molar-refractivity contribution is 5.92. The van der Waals surface area contributed by atoms with Gasteiger partial charge in [0.15, 0.2) is 0 Å². The zero-order valence-electron chi connectivity index (χ0n) is 21.7. The van der Waals surface area contributed by atoms with Crippen molar-refractivity contribution in [2.75, 3.05) is 0 Å². The Morgan fingerprint density at radius 2 is 1.38 bits per heavy atom. The van der Waals surface area contributed by atoms with Crippen LogP contribution >= 0.6 is 0 Å². The first kappa shape index (κ1) is 25.4. The first-order chi connectivity index (χ1) is 19.5. The van der Waals surface area contributed by atoms with E-state index in [-0.39, 0.29) is 19.6 Å². The first-order valence-corrected chi connectivity index (χ1v) is 13.3. The van der Waals surface area contributed by atoms with E-state index >= 15 is 0 Å². The molecule has 7 nitrogen and oxygen atoms in total. The second-order valence-corrected chi connectivity index (χ2v) is 10.1. The Morgan fingerprint density at radius 1 is 0.800 bits per heavy atom. The molecule has 0 saturated carbocycles. The van der Waals surface area contributed by atoms with Crippen LogP contribution in [0.5, 0.6) is 0 Å². The fourth-order valence-corrected chi connectivity index (χ4v) is 5.84. The summed E-state index contributed by atoms with van der Waals surface area (Å²) in [7, 11) is 0. The van der Waals surface area contributed by atoms with Gasteiger partial charge >= 0.3 is 12.1 Å². The molecule has 200 valence electrons. The lowest BCUT2D eigenvalue weighted by molar-refractivity contribution is -0.143. The fraction of sp³-hybridized carbons (Fsp3) is 0.182. The molecular weight excluding hydrogens is 504 g/mol. The summed E-state index contributed by atoms with van der Waals surface area (Å²) in [5.41, 5.74) is 6.32. The van der Waals surface area contributed by atoms with Crippen LogP contribution in [0.15, 0.2) is 103 Å². The molecule has 0 radical (unpaired) electrons. The SMILES string of the molecule is O=C(O)[C@H](NC(=O)[C@@H]1Cc2ccccc2CN1C(=O)OCc1ccccc1)C1c2ccccc2-c2ccccc21. The number of nitrogens with zero attached hydrogens (tertiary/aromatic N) is 1. The average molecular weight is 533 g/mol. The lowest BCUT2D eigenvalue weighted by Crippen LogP contribution is -2.56. The van der Waals surface area contributed by atoms with E-state index in [0.717, 1.165) is 38.9 Å². The van der Waals surface area contributed by atoms with E-state index < -0.39 is 36.0 Å². The van der Waals surface area contributed by atoms with Crippen molar-refractivity contribution < 1.29 is 24.2 Å². The van der Waals surface area contributed by atoms with Gasteiger partial charge in [-0.2, -0.15) is 0 Å². The number of hydrogen-bond donors (Lipinski definition) is 2. The number of nitrogens with one attached hydrogen (secondary N) is 1. The van der Waals surface area contributed by atoms with Gasteiger partial charge in [0.25, 0.3) is 0 Å². The fourth-order valence-electron chi connectivity index (χ4n) is 5.84. The first-order valence-electron chi connectivity index (χ1n) is 13.3. The zero-order chi connectivity index (χ0) is 27.6. The minimum Gasteiger partial charge on any atom is -0.480 e. The minimum absolute atomic E-state index is 0.0690. The summed E-state index contributed by atoms with van der Waals surface area (Å²) in [4.78, 5) is 41.3. The Kier molecular flexibility index (Phi) is 6.78. The van der Waals surface area contributed by atoms with Gasteiger partial charge in [0.05, 0.1) is 6.54 Å². The molecule has 4 aromatic rings. The van der Waals surface area contributed by atoms with Crippen molar-refractivity contribution in [3.63, 3.8) is 0 Å². The van der Waals surface area contributed by atoms with Gasteiger partial charge in [0.1, 0.15) is 18.7 Å². The third kappa shape index (κ3) is 4.71. The molecule has 2 atom stereocenters. The predicted molar refractivity (Wildman–Crippen MR) is 149 cm³/mol. The van der Waals surface area contributed by atoms with Crippen LogP contribution in [0.2, 0.25) is 0 Å². The van der Waals surface area contributed by atoms with Crippen molar-refractivity contribution >= 4 is 18.0 Å². The molecule has 6 rings (SSSR count). The number of carbonyl (C=O) groups is 3. The molecule has 0 spiro atoms. The lowest BCUT2D eigenvalue weighted by Gasteiger charge is -2.36. The van der Waals surface area contributed by atoms with Gasteiger partial charge in [-0.3, -0.25) is 9.69 Å². The van der Waals surface area contributed by atoms with Crippen LogP contribution in [0.4, 0.5) is 4.79 Å². The summed E-state index contributed by atoms with van der Waals surface area (Å²) in [5, 5.41) is 13.2. The van der Waals surface area contributed by atoms with Crippen LogP contribution in [0.1, 0.15) is 33.7 Å². The summed E-state index contributed by atoms with van der Waals surface area (Å²) in [6.45, 7) is 0.258. The monoisotopic (exact) mass is 532 g/mol. The number of benzene rings is 4. The Bertz CT molecular complexity index is 1540. The molecule has 40 heavy (non-hydrogen) atoms. The molecule has 0 saturated heterocycles. The van der Waals surface area contributed by atoms with Crippen molar-refractivity contribution in [1.29, 1.82) is 0 Å². The quantitative estimate of drug-likeness (QED) is 0.359. The maximum Gasteiger partial charge on any atom is 0.411 e. The Labute approximate surface area is 232 Å². The van der Waals surface area contributed by atoms with E-state index in [1.807, 2.05) is 103 Å². The molecule has 1 aliphatic carbocycles. The van der Waals surface area contributed by atoms with E-state index in [1.54, 1.807) is 0 Å². The van der Waals surface area contributed by atoms with Gasteiger partial charge in [0.2, 0.25) is 5.91 Å². The summed E-state index contributed by atoms with van der Waals surface area (Å²) >= 11 is 0. The van der Waals surface area contributed by atoms with Crippen molar-refractivity contribution in [2.45, 2.75) is 37.6 Å². The van der Waals surface area contributed by atoms with Crippen molar-refractivity contribution in [3.05, 3.63) is 131 Å². The normalized spacial score (nSPS) is 16.3. The number of amides is 2. The molecule has 2 amide bonds. The van der Waals surface area contributed by atoms with Crippen molar-refractivity contribution in [2.24, 2.45) is 0 Å². The molecule has 0 bridgehead atoms. The number of rotatable bonds is 6. The highest BCUT2D eigenvalue weighted by Crippen LogP contribution is 2.46. The smallest absolute Gasteiger partial charge is 0.411 e. The van der Waals surface area contributed by atoms with Gasteiger partial charge in [-0.05, 0) is 38.9 Å². The number of carbonyl (C=O) groups excluding carboxylic acids is 2. The standard InChI is InChI=1S/C33H28N2O5/c36-31(34-30(32(37)38)29-26-16-8-6-14-24(26)25-15-7-9-17-27(25)29)28-18-22-12-4-5-13-23(22)19-35(28)33(39)40-20-21-10-2-1-3-11-21/h1-17,28-30H,18-20H2,(H,34,36)(H,37,38)/t28-,30+/m0/s1. The molecule has 0 fully saturated rings. The van der Waals surface area contributed by atoms with Gasteiger partial charge < -0.3 is 15.2 Å². The highest BCUT2D eigenvalue weighted by atomic mass is 16.6. The second-order valence-electron chi connectivity index (χ2n) is 10.1. The van der Waals surface area contributed by atoms with Crippen molar-refractivity contribution in [1.82, 2.24) is 10.2 Å². The maximum absolute atomic E-state index is 13.9. The summed E-state index contributed by atoms with van der Waals surface area (Å²) in [5.74, 6) is -2.23. The van der Waals surface area contributed by atoms with Crippen LogP contribution in [0.25, 0.3) is 11.1 Å². The summed E-state index contributed by atoms with van der Waals surface area (Å²) < 4.78 is 5.60. The molecule has 2 N–H and O–H groups in total. The Hall–Kier alpha value is -4.91. The zero-order valence-corrected chi connectivity index (χ0v) is 21.7. The molecule has 0 unspecified atom stereocenters. The van der Waals surface area contributed by atoms with Crippen LogP contribution in [0.3, 0.4) is 0 Å². The van der Waals surface area contributed by atoms with Crippen molar-refractivity contribution in [3.8, 4) is 11.1 Å². The molecule has 0 aromatic heterocycles. The molecule has 7 heteroatoms. The molecule has 1 heterocycles. The van der Waals surface area contributed by atoms with Gasteiger partial charge in [0, 0.05) is 12.3 Å². The molecule has 4 aromatic carbocycles. The maximum atomic E-state index is 13.9. The molecular formula is C33H28N2O5. The van der Waals surface area contributed by atoms with Gasteiger partial charge in [-0.1, -0.05) is 103 Å². The number of carboxylic acids is 1. The summed E-state index contributed by atoms with van der Waals surface area (Å²) in [6.07, 6.45) is -0.367. The third-order valence-electron chi connectivity index (χ3n) is 7.77. The number of fused-ring (bicyclic) bond motifs is 4. The van der Waals surface area contributed by atoms with E-state index in [0.29, 0.717) is 0 Å². The minimum atomic E-state index is -1.23. The second kappa shape index (κ2) is 10.7. The van der Waals surface area contributed by atoms with Crippen LogP contribution in [-0.2, 0) is 33.9 Å². The van der Waals surface area contributed by atoms with E-state index in [4.69, 9.17) is 4.74 Å². The Balaban J connectivity index is 1.29. The van der Waals surface area contributed by atoms with Gasteiger partial charge in [-0.15, -0.1) is 0 Å². The number of hydrogen-bond acceptors (Lipinski definition) is 4. The van der Waals surface area contributed by atoms with E-state index in [2.05, 4.69) is 5.32 Å². The lowest BCUT2D eigenvalue weighted by atomic mass is 9.88. The number of aliphatic carboxylic acids is 1. The molecule has 1 aliphatic heterocycles. The van der Waals surface area contributed by atoms with Gasteiger partial charge in [-0.25, -0.2) is 9.59 Å². The number of carboxylic acid groups (broad SMARTS) is 1. The average Bonchev–Trinajstić information content (AvgIpc) is 3.32. The third-order valence-corrected chi connectivity index (χ3v) is 7.77. The summed E-state index contributed by atoms with van der Waals surface area (Å²) in [6, 6.07) is 30.2.